The number of carbonyl (C=O) groups is 6. The summed E-state index contributed by atoms with van der Waals surface area (Å²) in [6.07, 6.45) is 10.8. The van der Waals surface area contributed by atoms with Crippen LogP contribution in [0.15, 0.2) is 0 Å². The predicted molar refractivity (Wildman–Crippen MR) is 306 cm³/mol. The molecule has 0 atom stereocenters. The molecule has 0 heterocycles. The Kier molecular flexibility index (Phi) is 71.3. The molecule has 0 spiro atoms. The summed E-state index contributed by atoms with van der Waals surface area (Å²) in [5.74, 6) is 4.18. The molecule has 0 saturated heterocycles. The average Bonchev–Trinajstić information content (AvgIpc) is 3.21. The van der Waals surface area contributed by atoms with Crippen molar-refractivity contribution in [1.82, 2.24) is 16.0 Å². The minimum Gasteiger partial charge on any atom is -0.481 e. The van der Waals surface area contributed by atoms with Gasteiger partial charge in [-0.2, -0.15) is 70.6 Å². The molecular weight excluding hydrogens is 1000 g/mol. The largest absolute Gasteiger partial charge is 0.481 e. The van der Waals surface area contributed by atoms with Crippen LogP contribution in [0.1, 0.15) is 179 Å². The Morgan fingerprint density at radius 3 is 0.841 bits per heavy atom. The molecule has 0 radical (unpaired) electrons. The van der Waals surface area contributed by atoms with Crippen molar-refractivity contribution in [3.8, 4) is 0 Å². The van der Waals surface area contributed by atoms with E-state index in [9.17, 15) is 28.8 Å². The molecule has 0 aliphatic carbocycles. The molecular formula is C48H99N3O12S6. The van der Waals surface area contributed by atoms with E-state index in [1.807, 2.05) is 47.0 Å². The van der Waals surface area contributed by atoms with Crippen LogP contribution in [0, 0.1) is 0 Å². The van der Waals surface area contributed by atoms with Crippen molar-refractivity contribution < 1.29 is 59.4 Å². The summed E-state index contributed by atoms with van der Waals surface area (Å²) in [7, 11) is 0. The maximum absolute atomic E-state index is 10.2. The maximum atomic E-state index is 10.2. The van der Waals surface area contributed by atoms with Crippen LogP contribution >= 0.6 is 70.6 Å². The second kappa shape index (κ2) is 62.4. The lowest BCUT2D eigenvalue weighted by Crippen LogP contribution is -2.23. The molecule has 0 saturated carbocycles. The van der Waals surface area contributed by atoms with Gasteiger partial charge in [-0.05, 0) is 106 Å². The highest BCUT2D eigenvalue weighted by molar-refractivity contribution is 8.00. The molecule has 414 valence electrons. The monoisotopic (exact) mass is 1100 g/mol. The number of hydrogen-bond acceptors (Lipinski definition) is 12. The molecule has 0 aromatic heterocycles. The van der Waals surface area contributed by atoms with Gasteiger partial charge in [0.05, 0.1) is 6.42 Å². The van der Waals surface area contributed by atoms with Crippen LogP contribution in [0.4, 0.5) is 14.4 Å². The molecule has 0 aromatic rings. The summed E-state index contributed by atoms with van der Waals surface area (Å²) in [6, 6.07) is 0. The van der Waals surface area contributed by atoms with Gasteiger partial charge in [0.1, 0.15) is 0 Å². The summed E-state index contributed by atoms with van der Waals surface area (Å²) in [5, 5.41) is 60.5. The first-order valence-electron chi connectivity index (χ1n) is 24.5. The molecule has 0 aromatic carbocycles. The van der Waals surface area contributed by atoms with Crippen molar-refractivity contribution in [1.29, 1.82) is 0 Å². The molecule has 0 aliphatic rings. The van der Waals surface area contributed by atoms with Crippen molar-refractivity contribution in [3.05, 3.63) is 0 Å². The molecule has 9 N–H and O–H groups in total. The fourth-order valence-corrected chi connectivity index (χ4v) is 9.24. The first kappa shape index (κ1) is 78.7. The van der Waals surface area contributed by atoms with E-state index in [-0.39, 0.29) is 6.42 Å². The number of aliphatic carboxylic acids is 3. The molecule has 3 amide bonds. The van der Waals surface area contributed by atoms with Crippen molar-refractivity contribution in [2.24, 2.45) is 0 Å². The van der Waals surface area contributed by atoms with Gasteiger partial charge in [-0.3, -0.25) is 14.4 Å². The van der Waals surface area contributed by atoms with Crippen LogP contribution in [0.5, 0.6) is 0 Å². The molecule has 15 nitrogen and oxygen atoms in total. The Hall–Kier alpha value is -1.68. The number of rotatable bonds is 36. The minimum atomic E-state index is -0.940. The first-order chi connectivity index (χ1) is 32.3. The van der Waals surface area contributed by atoms with Gasteiger partial charge < -0.3 is 46.6 Å². The van der Waals surface area contributed by atoms with Crippen LogP contribution in [0.3, 0.4) is 0 Å². The Bertz CT molecular complexity index is 1180. The normalized spacial score (nSPS) is 10.3. The molecule has 0 fully saturated rings. The van der Waals surface area contributed by atoms with E-state index in [2.05, 4.69) is 99.0 Å². The van der Waals surface area contributed by atoms with Crippen LogP contribution < -0.4 is 16.0 Å². The van der Waals surface area contributed by atoms with Gasteiger partial charge in [-0.1, -0.05) is 109 Å². The quantitative estimate of drug-likeness (QED) is 0.0264. The summed E-state index contributed by atoms with van der Waals surface area (Å²) in [4.78, 5) is 60.3. The highest BCUT2D eigenvalue weighted by Gasteiger charge is 2.01. The summed E-state index contributed by atoms with van der Waals surface area (Å²) in [5.41, 5.74) is 0. The SMILES string of the molecule is CC(C)SCCC(=O)O.CC(C)SCCCCC(=O)O.CC(C)SCCCCCCC(=O)O.CC(C)SCCCCCCNC(=O)O.CC(C)SCCCCNC(=O)O.CC(C)SCCNC(=O)O. The Labute approximate surface area is 444 Å². The number of thioether (sulfide) groups is 6. The van der Waals surface area contributed by atoms with Crippen molar-refractivity contribution >= 4 is 107 Å². The topological polar surface area (TPSA) is 260 Å². The maximum Gasteiger partial charge on any atom is 0.404 e. The van der Waals surface area contributed by atoms with Crippen molar-refractivity contribution in [2.45, 2.75) is 211 Å². The second-order valence-electron chi connectivity index (χ2n) is 16.9. The van der Waals surface area contributed by atoms with Gasteiger partial charge in [0.15, 0.2) is 0 Å². The third-order valence-electron chi connectivity index (χ3n) is 7.67. The van der Waals surface area contributed by atoms with Crippen molar-refractivity contribution in [2.75, 3.05) is 54.2 Å². The summed E-state index contributed by atoms with van der Waals surface area (Å²) in [6.45, 7) is 27.5. The third-order valence-corrected chi connectivity index (χ3v) is 14.6. The van der Waals surface area contributed by atoms with Crippen LogP contribution in [0.2, 0.25) is 0 Å². The van der Waals surface area contributed by atoms with Gasteiger partial charge >= 0.3 is 36.2 Å². The number of hydrogen-bond donors (Lipinski definition) is 9. The fraction of sp³-hybridized carbons (Fsp3) is 0.875. The number of nitrogens with one attached hydrogen (secondary N) is 3. The lowest BCUT2D eigenvalue weighted by atomic mass is 10.2. The standard InChI is InChI=1S/C10H21NO2S.C10H20O2S.C8H17NO2S.C8H16O2S.C6H13NO2S.C6H12O2S/c1-9(2)14-8-6-4-3-5-7-11-10(12)13;1-9(2)13-8-6-4-3-5-7-10(11)12;1-7(2)12-6-4-3-5-9-8(10)11;1-7(2)11-6-4-3-5-8(9)10;1-5(2)10-4-3-7-6(8)9;1-5(2)9-4-3-6(7)8/h9,11H,3-8H2,1-2H3,(H,12,13);9H,3-8H2,1-2H3,(H,11,12);7,9H,3-6H2,1-2H3,(H,10,11);7H,3-6H2,1-2H3,(H,9,10);5,7H,3-4H2,1-2H3,(H,8,9);5H,3-4H2,1-2H3,(H,7,8). The lowest BCUT2D eigenvalue weighted by molar-refractivity contribution is -0.138. The van der Waals surface area contributed by atoms with E-state index in [1.54, 1.807) is 23.5 Å². The van der Waals surface area contributed by atoms with Crippen LogP contribution in [0.25, 0.3) is 0 Å². The lowest BCUT2D eigenvalue weighted by Gasteiger charge is -2.04. The average molecular weight is 1100 g/mol. The molecule has 21 heteroatoms. The number of amides is 3. The third kappa shape index (κ3) is 113. The van der Waals surface area contributed by atoms with E-state index < -0.39 is 36.2 Å². The van der Waals surface area contributed by atoms with E-state index in [0.29, 0.717) is 53.5 Å². The number of carboxylic acids is 3. The van der Waals surface area contributed by atoms with E-state index in [1.165, 1.54) is 37.2 Å². The van der Waals surface area contributed by atoms with E-state index in [4.69, 9.17) is 30.6 Å². The van der Waals surface area contributed by atoms with Crippen LogP contribution in [-0.2, 0) is 14.4 Å². The van der Waals surface area contributed by atoms with Gasteiger partial charge in [0.2, 0.25) is 0 Å². The molecule has 0 unspecified atom stereocenters. The molecule has 0 aliphatic heterocycles. The Morgan fingerprint density at radius 2 is 0.522 bits per heavy atom. The highest BCUT2D eigenvalue weighted by Crippen LogP contribution is 2.15. The van der Waals surface area contributed by atoms with Gasteiger partial charge in [0.25, 0.3) is 0 Å². The van der Waals surface area contributed by atoms with Crippen LogP contribution in [-0.4, -0.2) is 152 Å². The molecule has 69 heavy (non-hydrogen) atoms. The zero-order chi connectivity index (χ0) is 54.3. The van der Waals surface area contributed by atoms with Gasteiger partial charge in [0, 0.05) is 44.0 Å². The smallest absolute Gasteiger partial charge is 0.404 e. The first-order valence-corrected chi connectivity index (χ1v) is 30.8. The summed E-state index contributed by atoms with van der Waals surface area (Å²) >= 11 is 11.2. The highest BCUT2D eigenvalue weighted by atomic mass is 32.2. The van der Waals surface area contributed by atoms with E-state index >= 15 is 0 Å². The zero-order valence-corrected chi connectivity index (χ0v) is 49.4. The van der Waals surface area contributed by atoms with E-state index in [0.717, 1.165) is 84.9 Å². The summed E-state index contributed by atoms with van der Waals surface area (Å²) < 4.78 is 0. The van der Waals surface area contributed by atoms with Gasteiger partial charge in [-0.25, -0.2) is 14.4 Å². The Balaban J connectivity index is -0.000000174. The number of unbranched alkanes of at least 4 members (excludes halogenated alkanes) is 8. The minimum absolute atomic E-state index is 0.281. The number of carboxylic acid groups (broad SMARTS) is 6. The van der Waals surface area contributed by atoms with Gasteiger partial charge in [-0.15, -0.1) is 0 Å². The Morgan fingerprint density at radius 1 is 0.290 bits per heavy atom. The van der Waals surface area contributed by atoms with Crippen molar-refractivity contribution in [3.63, 3.8) is 0 Å². The zero-order valence-electron chi connectivity index (χ0n) is 44.5. The second-order valence-corrected chi connectivity index (χ2v) is 27.0. The molecule has 0 rings (SSSR count). The fourth-order valence-electron chi connectivity index (χ4n) is 4.42. The molecule has 0 bridgehead atoms. The predicted octanol–water partition coefficient (Wildman–Crippen LogP) is 13.7.